The minimum atomic E-state index is 0.290. The Morgan fingerprint density at radius 2 is 2.04 bits per heavy atom. The maximum atomic E-state index is 12.8. The molecule has 2 aliphatic carbocycles. The first-order chi connectivity index (χ1) is 12.8. The fourth-order valence-electron chi connectivity index (χ4n) is 5.06. The molecule has 1 amide bonds. The fourth-order valence-corrected chi connectivity index (χ4v) is 7.28. The summed E-state index contributed by atoms with van der Waals surface area (Å²) in [4.78, 5) is 26.5. The number of piperidine rings is 1. The smallest absolute Gasteiger partial charge is 0.232 e. The van der Waals surface area contributed by atoms with Crippen LogP contribution >= 0.6 is 23.1 Å². The summed E-state index contributed by atoms with van der Waals surface area (Å²) in [6.45, 7) is 1.94. The van der Waals surface area contributed by atoms with Crippen molar-refractivity contribution in [2.24, 2.45) is 11.8 Å². The van der Waals surface area contributed by atoms with E-state index in [0.29, 0.717) is 5.75 Å². The van der Waals surface area contributed by atoms with Crippen molar-refractivity contribution >= 4 is 39.2 Å². The highest BCUT2D eigenvalue weighted by atomic mass is 32.2. The Balaban J connectivity index is 1.28. The van der Waals surface area contributed by atoms with Gasteiger partial charge < -0.3 is 4.90 Å². The number of aromatic nitrogens is 2. The number of fused-ring (bicyclic) bond motifs is 4. The Kier molecular flexibility index (Phi) is 4.65. The Morgan fingerprint density at radius 3 is 2.96 bits per heavy atom. The van der Waals surface area contributed by atoms with Crippen molar-refractivity contribution in [3.8, 4) is 0 Å². The number of amides is 1. The molecular weight excluding hydrogens is 362 g/mol. The van der Waals surface area contributed by atoms with Crippen molar-refractivity contribution in [1.82, 2.24) is 14.9 Å². The summed E-state index contributed by atoms with van der Waals surface area (Å²) in [7, 11) is 0. The molecular formula is C20H25N3OS2. The van der Waals surface area contributed by atoms with E-state index in [1.165, 1.54) is 60.8 Å². The lowest BCUT2D eigenvalue weighted by Crippen LogP contribution is -2.45. The summed E-state index contributed by atoms with van der Waals surface area (Å²) in [5, 5.41) is 2.24. The first-order valence-electron chi connectivity index (χ1n) is 9.95. The molecule has 0 N–H and O–H groups in total. The van der Waals surface area contributed by atoms with Gasteiger partial charge in [-0.3, -0.25) is 4.79 Å². The second kappa shape index (κ2) is 7.12. The normalized spacial score (nSPS) is 25.3. The topological polar surface area (TPSA) is 46.1 Å². The maximum Gasteiger partial charge on any atom is 0.232 e. The highest BCUT2D eigenvalue weighted by Gasteiger charge is 2.33. The zero-order valence-electron chi connectivity index (χ0n) is 15.1. The van der Waals surface area contributed by atoms with E-state index in [2.05, 4.69) is 14.9 Å². The van der Waals surface area contributed by atoms with Gasteiger partial charge in [-0.25, -0.2) is 9.97 Å². The Hall–Kier alpha value is -1.14. The van der Waals surface area contributed by atoms with Crippen LogP contribution in [0.15, 0.2) is 11.4 Å². The van der Waals surface area contributed by atoms with Gasteiger partial charge in [-0.1, -0.05) is 31.0 Å². The molecule has 3 heterocycles. The van der Waals surface area contributed by atoms with Crippen molar-refractivity contribution in [3.05, 3.63) is 16.8 Å². The van der Waals surface area contributed by atoms with Crippen LogP contribution in [0.1, 0.15) is 49.0 Å². The van der Waals surface area contributed by atoms with Crippen LogP contribution in [0.2, 0.25) is 0 Å². The molecule has 138 valence electrons. The number of thioether (sulfide) groups is 1. The SMILES string of the molecule is O=C(CSc1ncnc2sc3c(c12)CCC3)N1CC[C@H]2CCCC[C@H]2C1. The second-order valence-corrected chi connectivity index (χ2v) is 9.99. The molecule has 26 heavy (non-hydrogen) atoms. The van der Waals surface area contributed by atoms with Gasteiger partial charge in [0.15, 0.2) is 0 Å². The van der Waals surface area contributed by atoms with E-state index in [4.69, 9.17) is 0 Å². The lowest BCUT2D eigenvalue weighted by molar-refractivity contribution is -0.131. The van der Waals surface area contributed by atoms with Gasteiger partial charge in [-0.15, -0.1) is 11.3 Å². The number of nitrogens with zero attached hydrogens (tertiary/aromatic N) is 3. The van der Waals surface area contributed by atoms with Crippen LogP contribution in [-0.2, 0) is 17.6 Å². The number of hydrogen-bond acceptors (Lipinski definition) is 5. The van der Waals surface area contributed by atoms with Crippen molar-refractivity contribution in [1.29, 1.82) is 0 Å². The summed E-state index contributed by atoms with van der Waals surface area (Å²) < 4.78 is 0. The highest BCUT2D eigenvalue weighted by Crippen LogP contribution is 2.40. The van der Waals surface area contributed by atoms with Crippen LogP contribution in [0.3, 0.4) is 0 Å². The lowest BCUT2D eigenvalue weighted by Gasteiger charge is -2.41. The first kappa shape index (κ1) is 17.0. The molecule has 2 aromatic rings. The van der Waals surface area contributed by atoms with Gasteiger partial charge in [0, 0.05) is 23.4 Å². The molecule has 0 spiro atoms. The molecule has 2 aromatic heterocycles. The molecule has 0 aromatic carbocycles. The van der Waals surface area contributed by atoms with Crippen molar-refractivity contribution in [2.45, 2.75) is 56.4 Å². The quantitative estimate of drug-likeness (QED) is 0.581. The summed E-state index contributed by atoms with van der Waals surface area (Å²) >= 11 is 3.43. The number of carbonyl (C=O) groups is 1. The predicted molar refractivity (Wildman–Crippen MR) is 107 cm³/mol. The summed E-state index contributed by atoms with van der Waals surface area (Å²) in [6, 6.07) is 0. The van der Waals surface area contributed by atoms with E-state index in [1.807, 2.05) is 11.3 Å². The minimum absolute atomic E-state index is 0.290. The van der Waals surface area contributed by atoms with Gasteiger partial charge in [0.2, 0.25) is 5.91 Å². The van der Waals surface area contributed by atoms with Crippen LogP contribution < -0.4 is 0 Å². The van der Waals surface area contributed by atoms with Gasteiger partial charge in [0.1, 0.15) is 16.2 Å². The summed E-state index contributed by atoms with van der Waals surface area (Å²) in [5.74, 6) is 2.42. The third kappa shape index (κ3) is 3.05. The molecule has 6 heteroatoms. The molecule has 0 unspecified atom stereocenters. The third-order valence-corrected chi connectivity index (χ3v) is 8.62. The molecule has 1 saturated heterocycles. The maximum absolute atomic E-state index is 12.8. The van der Waals surface area contributed by atoms with Crippen LogP contribution in [0, 0.1) is 11.8 Å². The predicted octanol–water partition coefficient (Wildman–Crippen LogP) is 4.31. The van der Waals surface area contributed by atoms with Gasteiger partial charge in [-0.2, -0.15) is 0 Å². The Bertz CT molecular complexity index is 834. The fraction of sp³-hybridized carbons (Fsp3) is 0.650. The van der Waals surface area contributed by atoms with Crippen molar-refractivity contribution in [3.63, 3.8) is 0 Å². The summed E-state index contributed by atoms with van der Waals surface area (Å²) in [5.41, 5.74) is 1.45. The average molecular weight is 388 g/mol. The Labute approximate surface area is 162 Å². The minimum Gasteiger partial charge on any atom is -0.342 e. The van der Waals surface area contributed by atoms with Crippen LogP contribution in [0.25, 0.3) is 10.2 Å². The molecule has 1 saturated carbocycles. The average Bonchev–Trinajstić information content (AvgIpc) is 3.26. The number of likely N-dealkylation sites (tertiary alicyclic amines) is 1. The zero-order valence-corrected chi connectivity index (χ0v) is 16.7. The highest BCUT2D eigenvalue weighted by molar-refractivity contribution is 8.00. The molecule has 3 aliphatic rings. The van der Waals surface area contributed by atoms with Gasteiger partial charge in [0.25, 0.3) is 0 Å². The standard InChI is InChI=1S/C20H25N3OS2/c24-17(23-9-8-13-4-1-2-5-14(13)10-23)11-25-19-18-15-6-3-7-16(15)26-20(18)22-12-21-19/h12-14H,1-11H2/t13-,14+/m1/s1. The van der Waals surface area contributed by atoms with Crippen molar-refractivity contribution < 1.29 is 4.79 Å². The van der Waals surface area contributed by atoms with E-state index in [9.17, 15) is 4.79 Å². The van der Waals surface area contributed by atoms with Gasteiger partial charge in [0.05, 0.1) is 5.75 Å². The van der Waals surface area contributed by atoms with E-state index in [-0.39, 0.29) is 5.91 Å². The van der Waals surface area contributed by atoms with Gasteiger partial charge in [-0.05, 0) is 49.5 Å². The monoisotopic (exact) mass is 387 g/mol. The van der Waals surface area contributed by atoms with Gasteiger partial charge >= 0.3 is 0 Å². The molecule has 5 rings (SSSR count). The second-order valence-electron chi connectivity index (χ2n) is 7.94. The molecule has 2 atom stereocenters. The number of carbonyl (C=O) groups excluding carboxylic acids is 1. The largest absolute Gasteiger partial charge is 0.342 e. The zero-order chi connectivity index (χ0) is 17.5. The molecule has 0 bridgehead atoms. The lowest BCUT2D eigenvalue weighted by atomic mass is 9.75. The Morgan fingerprint density at radius 1 is 1.15 bits per heavy atom. The van der Waals surface area contributed by atoms with E-state index >= 15 is 0 Å². The number of hydrogen-bond donors (Lipinski definition) is 0. The molecule has 1 aliphatic heterocycles. The third-order valence-electron chi connectivity index (χ3n) is 6.44. The number of thiophene rings is 1. The molecule has 0 radical (unpaired) electrons. The number of rotatable bonds is 3. The molecule has 4 nitrogen and oxygen atoms in total. The van der Waals surface area contributed by atoms with Crippen molar-refractivity contribution in [2.75, 3.05) is 18.8 Å². The number of aryl methyl sites for hydroxylation is 2. The van der Waals surface area contributed by atoms with E-state index < -0.39 is 0 Å². The van der Waals surface area contributed by atoms with Crippen LogP contribution in [-0.4, -0.2) is 39.6 Å². The van der Waals surface area contributed by atoms with Crippen LogP contribution in [0.4, 0.5) is 0 Å². The van der Waals surface area contributed by atoms with E-state index in [0.717, 1.165) is 41.2 Å². The summed E-state index contributed by atoms with van der Waals surface area (Å²) in [6.07, 6.45) is 11.9. The first-order valence-corrected chi connectivity index (χ1v) is 11.8. The van der Waals surface area contributed by atoms with E-state index in [1.54, 1.807) is 18.1 Å². The van der Waals surface area contributed by atoms with Crippen LogP contribution in [0.5, 0.6) is 0 Å². The molecule has 2 fully saturated rings.